The number of amides is 2. The summed E-state index contributed by atoms with van der Waals surface area (Å²) in [4.78, 5) is 27.7. The summed E-state index contributed by atoms with van der Waals surface area (Å²) in [6.07, 6.45) is 6.04. The highest BCUT2D eigenvalue weighted by atomic mass is 35.5. The Kier molecular flexibility index (Phi) is 5.80. The van der Waals surface area contributed by atoms with Gasteiger partial charge in [-0.3, -0.25) is 0 Å². The zero-order valence-corrected chi connectivity index (χ0v) is 18.8. The standard InChI is InChI=1S/C22H27ClN6O2/c1-15-10-29(18-5-4-16(23)8-19(18)31-11-15)21(30)28-13-22(2,14-28)12-27(3)20-25-7-6-17(9-24)26-20/h4,6-8,15,18H,5,10-14H2,1-3H3. The van der Waals surface area contributed by atoms with E-state index in [0.29, 0.717) is 55.9 Å². The lowest BCUT2D eigenvalue weighted by Crippen LogP contribution is -2.64. The number of carbonyl (C=O) groups is 1. The Balaban J connectivity index is 1.41. The summed E-state index contributed by atoms with van der Waals surface area (Å²) in [7, 11) is 1.91. The first kappa shape index (κ1) is 21.4. The molecule has 1 aromatic rings. The van der Waals surface area contributed by atoms with E-state index >= 15 is 0 Å². The third kappa shape index (κ3) is 4.47. The lowest BCUT2D eigenvalue weighted by Gasteiger charge is -2.51. The van der Waals surface area contributed by atoms with Gasteiger partial charge in [-0.1, -0.05) is 31.5 Å². The first-order valence-corrected chi connectivity index (χ1v) is 10.9. The zero-order chi connectivity index (χ0) is 22.2. The minimum absolute atomic E-state index is 0.0440. The van der Waals surface area contributed by atoms with E-state index in [9.17, 15) is 4.79 Å². The summed E-state index contributed by atoms with van der Waals surface area (Å²) >= 11 is 6.17. The molecule has 3 heterocycles. The van der Waals surface area contributed by atoms with Gasteiger partial charge in [0.25, 0.3) is 0 Å². The number of aromatic nitrogens is 2. The number of hydrogen-bond donors (Lipinski definition) is 0. The van der Waals surface area contributed by atoms with Crippen molar-refractivity contribution in [1.82, 2.24) is 19.8 Å². The number of rotatable bonds is 3. The van der Waals surface area contributed by atoms with Crippen LogP contribution in [0.3, 0.4) is 0 Å². The summed E-state index contributed by atoms with van der Waals surface area (Å²) < 4.78 is 5.94. The second-order valence-corrected chi connectivity index (χ2v) is 9.55. The average molecular weight is 443 g/mol. The van der Waals surface area contributed by atoms with Crippen molar-refractivity contribution in [2.24, 2.45) is 11.3 Å². The summed E-state index contributed by atoms with van der Waals surface area (Å²) in [5.74, 6) is 1.55. The molecule has 2 atom stereocenters. The van der Waals surface area contributed by atoms with Gasteiger partial charge in [0.2, 0.25) is 5.95 Å². The highest BCUT2D eigenvalue weighted by Gasteiger charge is 2.45. The van der Waals surface area contributed by atoms with Crippen molar-refractivity contribution in [2.75, 3.05) is 44.7 Å². The number of carbonyl (C=O) groups excluding carboxylic acids is 1. The van der Waals surface area contributed by atoms with Crippen LogP contribution < -0.4 is 4.90 Å². The van der Waals surface area contributed by atoms with Gasteiger partial charge in [-0.05, 0) is 18.6 Å². The summed E-state index contributed by atoms with van der Waals surface area (Å²) in [5, 5.41) is 9.72. The Labute approximate surface area is 187 Å². The Morgan fingerprint density at radius 2 is 2.26 bits per heavy atom. The fourth-order valence-electron chi connectivity index (χ4n) is 4.55. The number of likely N-dealkylation sites (tertiary alicyclic amines) is 1. The molecule has 0 bridgehead atoms. The first-order chi connectivity index (χ1) is 14.8. The predicted octanol–water partition coefficient (Wildman–Crippen LogP) is 2.97. The van der Waals surface area contributed by atoms with Gasteiger partial charge >= 0.3 is 6.03 Å². The minimum Gasteiger partial charge on any atom is -0.495 e. The smallest absolute Gasteiger partial charge is 0.320 e. The molecule has 31 heavy (non-hydrogen) atoms. The van der Waals surface area contributed by atoms with Crippen LogP contribution in [0.15, 0.2) is 35.2 Å². The zero-order valence-electron chi connectivity index (χ0n) is 18.1. The van der Waals surface area contributed by atoms with E-state index < -0.39 is 0 Å². The summed E-state index contributed by atoms with van der Waals surface area (Å²) in [6, 6.07) is 3.57. The third-order valence-electron chi connectivity index (χ3n) is 5.94. The van der Waals surface area contributed by atoms with E-state index in [-0.39, 0.29) is 23.4 Å². The van der Waals surface area contributed by atoms with E-state index in [1.807, 2.05) is 40.0 Å². The first-order valence-electron chi connectivity index (χ1n) is 10.5. The van der Waals surface area contributed by atoms with Crippen LogP contribution in [-0.4, -0.2) is 71.7 Å². The highest BCUT2D eigenvalue weighted by Crippen LogP contribution is 2.35. The van der Waals surface area contributed by atoms with Gasteiger partial charge in [-0.2, -0.15) is 5.26 Å². The number of anilines is 1. The molecular weight excluding hydrogens is 416 g/mol. The largest absolute Gasteiger partial charge is 0.495 e. The molecule has 2 aliphatic heterocycles. The van der Waals surface area contributed by atoms with Gasteiger partial charge in [0.05, 0.1) is 12.6 Å². The molecular formula is C22H27ClN6O2. The topological polar surface area (TPSA) is 85.6 Å². The molecule has 8 nitrogen and oxygen atoms in total. The van der Waals surface area contributed by atoms with E-state index in [4.69, 9.17) is 21.6 Å². The number of urea groups is 1. The van der Waals surface area contributed by atoms with E-state index in [1.54, 1.807) is 12.3 Å². The van der Waals surface area contributed by atoms with E-state index in [1.165, 1.54) is 0 Å². The number of hydrogen-bond acceptors (Lipinski definition) is 6. The summed E-state index contributed by atoms with van der Waals surface area (Å²) in [5.41, 5.74) is 0.272. The number of nitrogens with zero attached hydrogens (tertiary/aromatic N) is 6. The molecule has 0 saturated carbocycles. The summed E-state index contributed by atoms with van der Waals surface area (Å²) in [6.45, 7) is 7.50. The van der Waals surface area contributed by atoms with E-state index in [2.05, 4.69) is 23.8 Å². The lowest BCUT2D eigenvalue weighted by atomic mass is 9.81. The molecule has 164 valence electrons. The Hall–Kier alpha value is -2.79. The minimum atomic E-state index is -0.100. The maximum atomic E-state index is 13.4. The average Bonchev–Trinajstić information content (AvgIpc) is 2.90. The molecule has 2 unspecified atom stereocenters. The Morgan fingerprint density at radius 3 is 3.00 bits per heavy atom. The lowest BCUT2D eigenvalue weighted by molar-refractivity contribution is 0.0291. The van der Waals surface area contributed by atoms with Crippen LogP contribution in [0.25, 0.3) is 0 Å². The molecule has 0 N–H and O–H groups in total. The van der Waals surface area contributed by atoms with Gasteiger partial charge in [-0.25, -0.2) is 14.8 Å². The quantitative estimate of drug-likeness (QED) is 0.715. The number of fused-ring (bicyclic) bond motifs is 1. The van der Waals surface area contributed by atoms with Crippen LogP contribution in [-0.2, 0) is 4.74 Å². The number of halogens is 1. The molecule has 0 aromatic carbocycles. The van der Waals surface area contributed by atoms with Crippen LogP contribution in [0, 0.1) is 22.7 Å². The monoisotopic (exact) mass is 442 g/mol. The molecule has 1 aliphatic carbocycles. The molecule has 2 saturated heterocycles. The SMILES string of the molecule is CC1COC2=CC(Cl)=CCC2N(C(=O)N2CC(C)(CN(C)c3nccc(C#N)n3)C2)C1. The molecule has 2 fully saturated rings. The molecule has 0 spiro atoms. The number of nitriles is 1. The maximum Gasteiger partial charge on any atom is 0.320 e. The van der Waals surface area contributed by atoms with Crippen molar-refractivity contribution >= 4 is 23.6 Å². The molecule has 1 aromatic heterocycles. The normalized spacial score (nSPS) is 24.5. The van der Waals surface area contributed by atoms with Crippen molar-refractivity contribution in [1.29, 1.82) is 5.26 Å². The van der Waals surface area contributed by atoms with Crippen LogP contribution in [0.4, 0.5) is 10.7 Å². The van der Waals surface area contributed by atoms with Crippen molar-refractivity contribution in [3.63, 3.8) is 0 Å². The molecule has 0 radical (unpaired) electrons. The van der Waals surface area contributed by atoms with Crippen LogP contribution in [0.1, 0.15) is 26.0 Å². The molecule has 4 rings (SSSR count). The maximum absolute atomic E-state index is 13.4. The van der Waals surface area contributed by atoms with Gasteiger partial charge < -0.3 is 19.4 Å². The Bertz CT molecular complexity index is 965. The van der Waals surface area contributed by atoms with Crippen molar-refractivity contribution in [3.05, 3.63) is 40.9 Å². The Morgan fingerprint density at radius 1 is 1.48 bits per heavy atom. The molecule has 3 aliphatic rings. The van der Waals surface area contributed by atoms with E-state index in [0.717, 1.165) is 5.76 Å². The van der Waals surface area contributed by atoms with Crippen LogP contribution in [0.2, 0.25) is 0 Å². The van der Waals surface area contributed by atoms with Crippen LogP contribution >= 0.6 is 11.6 Å². The van der Waals surface area contributed by atoms with Gasteiger partial charge in [0, 0.05) is 55.8 Å². The number of allylic oxidation sites excluding steroid dienone is 2. The second kappa shape index (κ2) is 8.39. The predicted molar refractivity (Wildman–Crippen MR) is 117 cm³/mol. The van der Waals surface area contributed by atoms with Gasteiger partial charge in [-0.15, -0.1) is 0 Å². The number of ether oxygens (including phenoxy) is 1. The molecule has 2 amide bonds. The van der Waals surface area contributed by atoms with Crippen molar-refractivity contribution in [2.45, 2.75) is 26.3 Å². The van der Waals surface area contributed by atoms with Crippen LogP contribution in [0.5, 0.6) is 0 Å². The fourth-order valence-corrected chi connectivity index (χ4v) is 4.74. The second-order valence-electron chi connectivity index (χ2n) is 9.11. The van der Waals surface area contributed by atoms with Crippen molar-refractivity contribution < 1.29 is 9.53 Å². The third-order valence-corrected chi connectivity index (χ3v) is 6.21. The van der Waals surface area contributed by atoms with Gasteiger partial charge in [0.1, 0.15) is 17.5 Å². The highest BCUT2D eigenvalue weighted by molar-refractivity contribution is 6.31. The molecule has 9 heteroatoms. The van der Waals surface area contributed by atoms with Gasteiger partial charge in [0.15, 0.2) is 0 Å². The fraction of sp³-hybridized carbons (Fsp3) is 0.545. The van der Waals surface area contributed by atoms with Crippen molar-refractivity contribution in [3.8, 4) is 6.07 Å².